The summed E-state index contributed by atoms with van der Waals surface area (Å²) in [6.07, 6.45) is 0. The van der Waals surface area contributed by atoms with Crippen LogP contribution in [0.2, 0.25) is 0 Å². The van der Waals surface area contributed by atoms with E-state index < -0.39 is 0 Å². The fourth-order valence-corrected chi connectivity index (χ4v) is 2.23. The molecule has 2 aromatic carbocycles. The van der Waals surface area contributed by atoms with Crippen LogP contribution in [0.1, 0.15) is 36.7 Å². The summed E-state index contributed by atoms with van der Waals surface area (Å²) in [4.78, 5) is 23.9. The minimum Gasteiger partial charge on any atom is -0.376 e. The summed E-state index contributed by atoms with van der Waals surface area (Å²) in [6.45, 7) is 5.95. The third kappa shape index (κ3) is 6.20. The molecular formula is C20H24FN3O2. The molecule has 0 bridgehead atoms. The van der Waals surface area contributed by atoms with Crippen LogP contribution in [0.5, 0.6) is 0 Å². The molecule has 0 aliphatic carbocycles. The first kappa shape index (κ1) is 19.4. The molecule has 0 atom stereocenters. The largest absolute Gasteiger partial charge is 0.376 e. The number of anilines is 1. The van der Waals surface area contributed by atoms with E-state index in [2.05, 4.69) is 16.0 Å². The topological polar surface area (TPSA) is 70.2 Å². The molecule has 0 aromatic heterocycles. The lowest BCUT2D eigenvalue weighted by Gasteiger charge is -2.20. The van der Waals surface area contributed by atoms with Crippen LogP contribution >= 0.6 is 0 Å². The molecule has 0 heterocycles. The number of nitrogens with one attached hydrogen (secondary N) is 3. The molecule has 138 valence electrons. The first-order valence-corrected chi connectivity index (χ1v) is 8.41. The molecule has 26 heavy (non-hydrogen) atoms. The van der Waals surface area contributed by atoms with Crippen molar-refractivity contribution in [2.75, 3.05) is 11.9 Å². The van der Waals surface area contributed by atoms with Crippen LogP contribution < -0.4 is 16.0 Å². The van der Waals surface area contributed by atoms with Crippen LogP contribution in [0.15, 0.2) is 48.5 Å². The molecule has 0 unspecified atom stereocenters. The lowest BCUT2D eigenvalue weighted by Crippen LogP contribution is -2.40. The van der Waals surface area contributed by atoms with Crippen molar-refractivity contribution in [3.05, 3.63) is 65.5 Å². The molecule has 0 aliphatic rings. The van der Waals surface area contributed by atoms with Gasteiger partial charge in [-0.1, -0.05) is 18.2 Å². The average molecular weight is 357 g/mol. The van der Waals surface area contributed by atoms with Gasteiger partial charge in [0.2, 0.25) is 5.91 Å². The molecule has 0 aliphatic heterocycles. The first-order valence-electron chi connectivity index (χ1n) is 8.41. The summed E-state index contributed by atoms with van der Waals surface area (Å²) in [7, 11) is 0. The summed E-state index contributed by atoms with van der Waals surface area (Å²) < 4.78 is 13.5. The predicted molar refractivity (Wildman–Crippen MR) is 100 cm³/mol. The van der Waals surface area contributed by atoms with Crippen molar-refractivity contribution >= 4 is 17.5 Å². The van der Waals surface area contributed by atoms with Gasteiger partial charge in [-0.25, -0.2) is 4.39 Å². The van der Waals surface area contributed by atoms with E-state index in [9.17, 15) is 14.0 Å². The van der Waals surface area contributed by atoms with Gasteiger partial charge in [-0.3, -0.25) is 9.59 Å². The fourth-order valence-electron chi connectivity index (χ4n) is 2.23. The molecular weight excluding hydrogens is 333 g/mol. The quantitative estimate of drug-likeness (QED) is 0.744. The molecule has 2 amide bonds. The highest BCUT2D eigenvalue weighted by Gasteiger charge is 2.15. The highest BCUT2D eigenvalue weighted by Crippen LogP contribution is 2.11. The maximum Gasteiger partial charge on any atom is 0.251 e. The van der Waals surface area contributed by atoms with E-state index in [1.807, 2.05) is 20.8 Å². The van der Waals surface area contributed by atoms with Crippen LogP contribution in [0.25, 0.3) is 0 Å². The average Bonchev–Trinajstić information content (AvgIpc) is 2.58. The number of hydrogen-bond acceptors (Lipinski definition) is 3. The minimum absolute atomic E-state index is 0.0575. The van der Waals surface area contributed by atoms with Crippen molar-refractivity contribution in [2.45, 2.75) is 32.9 Å². The van der Waals surface area contributed by atoms with Gasteiger partial charge >= 0.3 is 0 Å². The van der Waals surface area contributed by atoms with Gasteiger partial charge in [-0.2, -0.15) is 0 Å². The van der Waals surface area contributed by atoms with Gasteiger partial charge in [-0.15, -0.1) is 0 Å². The number of halogens is 1. The number of hydrogen-bond donors (Lipinski definition) is 3. The zero-order valence-corrected chi connectivity index (χ0v) is 15.2. The lowest BCUT2D eigenvalue weighted by atomic mass is 10.1. The number of carbonyl (C=O) groups is 2. The van der Waals surface area contributed by atoms with E-state index in [-0.39, 0.29) is 36.3 Å². The van der Waals surface area contributed by atoms with Crippen molar-refractivity contribution in [3.8, 4) is 0 Å². The van der Waals surface area contributed by atoms with E-state index in [1.54, 1.807) is 42.5 Å². The SMILES string of the molecule is CC(C)(C)NC(=O)c1ccc(NCC(=O)NCc2ccccc2F)cc1. The number of benzene rings is 2. The first-order chi connectivity index (χ1) is 12.2. The Morgan fingerprint density at radius 3 is 2.27 bits per heavy atom. The Balaban J connectivity index is 1.81. The monoisotopic (exact) mass is 357 g/mol. The smallest absolute Gasteiger partial charge is 0.251 e. The highest BCUT2D eigenvalue weighted by molar-refractivity contribution is 5.95. The molecule has 2 aromatic rings. The second-order valence-corrected chi connectivity index (χ2v) is 7.00. The van der Waals surface area contributed by atoms with Gasteiger partial charge in [0.05, 0.1) is 6.54 Å². The van der Waals surface area contributed by atoms with Crippen molar-refractivity contribution in [3.63, 3.8) is 0 Å². The molecule has 0 saturated carbocycles. The molecule has 6 heteroatoms. The number of amides is 2. The lowest BCUT2D eigenvalue weighted by molar-refractivity contribution is -0.119. The molecule has 5 nitrogen and oxygen atoms in total. The van der Waals surface area contributed by atoms with Crippen LogP contribution in [-0.2, 0) is 11.3 Å². The van der Waals surface area contributed by atoms with Crippen molar-refractivity contribution in [1.82, 2.24) is 10.6 Å². The molecule has 0 fully saturated rings. The van der Waals surface area contributed by atoms with Gasteiger partial charge in [0, 0.05) is 28.9 Å². The van der Waals surface area contributed by atoms with Crippen molar-refractivity contribution < 1.29 is 14.0 Å². The minimum atomic E-state index is -0.343. The third-order valence-electron chi connectivity index (χ3n) is 3.52. The second kappa shape index (κ2) is 8.47. The van der Waals surface area contributed by atoms with Gasteiger partial charge in [0.25, 0.3) is 5.91 Å². The zero-order valence-electron chi connectivity index (χ0n) is 15.2. The van der Waals surface area contributed by atoms with Crippen LogP contribution in [0.3, 0.4) is 0 Å². The summed E-state index contributed by atoms with van der Waals surface area (Å²) in [5.74, 6) is -0.737. The fraction of sp³-hybridized carbons (Fsp3) is 0.300. The van der Waals surface area contributed by atoms with Crippen molar-refractivity contribution in [2.24, 2.45) is 0 Å². The van der Waals surface area contributed by atoms with E-state index >= 15 is 0 Å². The molecule has 0 radical (unpaired) electrons. The maximum absolute atomic E-state index is 13.5. The van der Waals surface area contributed by atoms with Crippen LogP contribution in [-0.4, -0.2) is 23.9 Å². The standard InChI is InChI=1S/C20H24FN3O2/c1-20(2,3)24-19(26)14-8-10-16(11-9-14)22-13-18(25)23-12-15-6-4-5-7-17(15)21/h4-11,22H,12-13H2,1-3H3,(H,23,25)(H,24,26). The Labute approximate surface area is 153 Å². The van der Waals surface area contributed by atoms with E-state index in [0.717, 1.165) is 5.69 Å². The Morgan fingerprint density at radius 1 is 1.00 bits per heavy atom. The normalized spacial score (nSPS) is 10.9. The van der Waals surface area contributed by atoms with E-state index in [4.69, 9.17) is 0 Å². The number of carbonyl (C=O) groups excluding carboxylic acids is 2. The van der Waals surface area contributed by atoms with E-state index in [1.165, 1.54) is 6.07 Å². The summed E-state index contributed by atoms with van der Waals surface area (Å²) in [5.41, 5.74) is 1.41. The zero-order chi connectivity index (χ0) is 19.2. The molecule has 0 saturated heterocycles. The summed E-state index contributed by atoms with van der Waals surface area (Å²) in [5, 5.41) is 8.52. The summed E-state index contributed by atoms with van der Waals surface area (Å²) in [6, 6.07) is 13.2. The highest BCUT2D eigenvalue weighted by atomic mass is 19.1. The molecule has 2 rings (SSSR count). The van der Waals surface area contributed by atoms with Gasteiger partial charge < -0.3 is 16.0 Å². The van der Waals surface area contributed by atoms with Gasteiger partial charge in [0.1, 0.15) is 5.82 Å². The van der Waals surface area contributed by atoms with E-state index in [0.29, 0.717) is 11.1 Å². The Morgan fingerprint density at radius 2 is 1.65 bits per heavy atom. The maximum atomic E-state index is 13.5. The van der Waals surface area contributed by atoms with Crippen molar-refractivity contribution in [1.29, 1.82) is 0 Å². The molecule has 0 spiro atoms. The van der Waals surface area contributed by atoms with Crippen LogP contribution in [0.4, 0.5) is 10.1 Å². The summed E-state index contributed by atoms with van der Waals surface area (Å²) >= 11 is 0. The third-order valence-corrected chi connectivity index (χ3v) is 3.52. The predicted octanol–water partition coefficient (Wildman–Crippen LogP) is 3.08. The second-order valence-electron chi connectivity index (χ2n) is 7.00. The van der Waals surface area contributed by atoms with Gasteiger partial charge in [-0.05, 0) is 51.1 Å². The number of rotatable bonds is 6. The molecule has 3 N–H and O–H groups in total. The van der Waals surface area contributed by atoms with Gasteiger partial charge in [0.15, 0.2) is 0 Å². The Kier molecular flexibility index (Phi) is 6.33. The van der Waals surface area contributed by atoms with Crippen LogP contribution in [0, 0.1) is 5.82 Å². The Bertz CT molecular complexity index is 767. The Hall–Kier alpha value is -2.89.